The zero-order valence-corrected chi connectivity index (χ0v) is 13.8. The molecule has 2 saturated heterocycles. The van der Waals surface area contributed by atoms with Gasteiger partial charge >= 0.3 is 0 Å². The number of aromatic nitrogens is 1. The maximum atomic E-state index is 9.36. The molecule has 0 spiro atoms. The van der Waals surface area contributed by atoms with E-state index < -0.39 is 0 Å². The first-order valence-corrected chi connectivity index (χ1v) is 8.58. The molecule has 2 aromatic rings. The number of hydrogen-bond donors (Lipinski definition) is 1. The Balaban J connectivity index is 1.65. The highest BCUT2D eigenvalue weighted by molar-refractivity contribution is 5.69. The standard InChI is InChI=1S/C20H18N4O/c21-11-13-6-15(20-14(12-22)2-1-5-23-20)8-18(7-13)25-19-9-16-3-4-17(10-19)24-16/h1-2,5-8,16-17,19,24H,3-4,9-10H2/t16-,17-/m1/s1. The van der Waals surface area contributed by atoms with Gasteiger partial charge in [0, 0.05) is 23.8 Å². The van der Waals surface area contributed by atoms with Crippen LogP contribution in [0.2, 0.25) is 0 Å². The molecule has 2 aliphatic rings. The minimum absolute atomic E-state index is 0.166. The molecule has 25 heavy (non-hydrogen) atoms. The maximum absolute atomic E-state index is 9.36. The predicted octanol–water partition coefficient (Wildman–Crippen LogP) is 3.15. The molecule has 5 heteroatoms. The number of nitrogens with zero attached hydrogens (tertiary/aromatic N) is 3. The Morgan fingerprint density at radius 1 is 1.08 bits per heavy atom. The molecule has 2 fully saturated rings. The average molecular weight is 330 g/mol. The summed E-state index contributed by atoms with van der Waals surface area (Å²) in [5.41, 5.74) is 2.32. The van der Waals surface area contributed by atoms with E-state index in [0.717, 1.165) is 18.4 Å². The number of nitriles is 2. The van der Waals surface area contributed by atoms with Crippen LogP contribution in [0.3, 0.4) is 0 Å². The van der Waals surface area contributed by atoms with Crippen LogP contribution in [-0.2, 0) is 0 Å². The monoisotopic (exact) mass is 330 g/mol. The fourth-order valence-electron chi connectivity index (χ4n) is 3.89. The van der Waals surface area contributed by atoms with E-state index in [1.54, 1.807) is 30.5 Å². The number of hydrogen-bond acceptors (Lipinski definition) is 5. The molecule has 2 aliphatic heterocycles. The number of piperidine rings is 1. The molecule has 0 saturated carbocycles. The van der Waals surface area contributed by atoms with E-state index in [4.69, 9.17) is 4.74 Å². The van der Waals surface area contributed by atoms with Gasteiger partial charge in [0.2, 0.25) is 0 Å². The molecule has 0 aliphatic carbocycles. The van der Waals surface area contributed by atoms with Gasteiger partial charge in [-0.1, -0.05) is 0 Å². The molecule has 0 amide bonds. The van der Waals surface area contributed by atoms with Crippen molar-refractivity contribution < 1.29 is 4.74 Å². The van der Waals surface area contributed by atoms with Crippen molar-refractivity contribution in [1.82, 2.24) is 10.3 Å². The zero-order valence-electron chi connectivity index (χ0n) is 13.8. The molecule has 4 rings (SSSR count). The molecule has 5 nitrogen and oxygen atoms in total. The highest BCUT2D eigenvalue weighted by Gasteiger charge is 2.34. The molecule has 0 unspecified atom stereocenters. The first-order chi connectivity index (χ1) is 12.2. The van der Waals surface area contributed by atoms with E-state index in [1.807, 2.05) is 6.07 Å². The summed E-state index contributed by atoms with van der Waals surface area (Å²) < 4.78 is 6.21. The Morgan fingerprint density at radius 3 is 2.60 bits per heavy atom. The number of benzene rings is 1. The van der Waals surface area contributed by atoms with Gasteiger partial charge < -0.3 is 10.1 Å². The number of fused-ring (bicyclic) bond motifs is 2. The second-order valence-electron chi connectivity index (χ2n) is 6.72. The quantitative estimate of drug-likeness (QED) is 0.935. The maximum Gasteiger partial charge on any atom is 0.121 e. The number of nitrogens with one attached hydrogen (secondary N) is 1. The fraction of sp³-hybridized carbons (Fsp3) is 0.350. The van der Waals surface area contributed by atoms with Crippen molar-refractivity contribution in [2.75, 3.05) is 0 Å². The average Bonchev–Trinajstić information content (AvgIpc) is 2.99. The minimum atomic E-state index is 0.166. The molecule has 2 bridgehead atoms. The molecule has 1 aromatic heterocycles. The summed E-state index contributed by atoms with van der Waals surface area (Å²) in [6, 6.07) is 14.3. The van der Waals surface area contributed by atoms with Crippen molar-refractivity contribution in [3.05, 3.63) is 47.7 Å². The van der Waals surface area contributed by atoms with Gasteiger partial charge in [-0.2, -0.15) is 10.5 Å². The third-order valence-electron chi connectivity index (χ3n) is 4.97. The van der Waals surface area contributed by atoms with E-state index in [-0.39, 0.29) is 6.10 Å². The summed E-state index contributed by atoms with van der Waals surface area (Å²) in [5, 5.41) is 22.3. The van der Waals surface area contributed by atoms with Crippen molar-refractivity contribution in [3.8, 4) is 29.1 Å². The van der Waals surface area contributed by atoms with Crippen LogP contribution in [0, 0.1) is 22.7 Å². The summed E-state index contributed by atoms with van der Waals surface area (Å²) in [6.07, 6.45) is 6.24. The number of ether oxygens (including phenoxy) is 1. The second kappa shape index (κ2) is 6.55. The van der Waals surface area contributed by atoms with Crippen molar-refractivity contribution in [2.45, 2.75) is 43.9 Å². The summed E-state index contributed by atoms with van der Waals surface area (Å²) in [7, 11) is 0. The van der Waals surface area contributed by atoms with Crippen LogP contribution in [0.1, 0.15) is 36.8 Å². The lowest BCUT2D eigenvalue weighted by molar-refractivity contribution is 0.137. The first kappa shape index (κ1) is 15.6. The lowest BCUT2D eigenvalue weighted by Gasteiger charge is -2.29. The lowest BCUT2D eigenvalue weighted by Crippen LogP contribution is -2.42. The van der Waals surface area contributed by atoms with Gasteiger partial charge in [0.05, 0.1) is 22.9 Å². The van der Waals surface area contributed by atoms with Crippen LogP contribution in [-0.4, -0.2) is 23.2 Å². The van der Waals surface area contributed by atoms with Gasteiger partial charge in [-0.3, -0.25) is 4.98 Å². The van der Waals surface area contributed by atoms with E-state index in [0.29, 0.717) is 34.7 Å². The smallest absolute Gasteiger partial charge is 0.121 e. The van der Waals surface area contributed by atoms with Crippen molar-refractivity contribution >= 4 is 0 Å². The normalized spacial score (nSPS) is 24.3. The third kappa shape index (κ3) is 3.20. The summed E-state index contributed by atoms with van der Waals surface area (Å²) in [5.74, 6) is 0.676. The lowest BCUT2D eigenvalue weighted by atomic mass is 10.0. The van der Waals surface area contributed by atoms with Crippen LogP contribution in [0.25, 0.3) is 11.3 Å². The predicted molar refractivity (Wildman–Crippen MR) is 92.7 cm³/mol. The van der Waals surface area contributed by atoms with Gasteiger partial charge in [-0.15, -0.1) is 0 Å². The first-order valence-electron chi connectivity index (χ1n) is 8.58. The molecule has 124 valence electrons. The molecular weight excluding hydrogens is 312 g/mol. The van der Waals surface area contributed by atoms with Crippen molar-refractivity contribution in [1.29, 1.82) is 10.5 Å². The van der Waals surface area contributed by atoms with Gasteiger partial charge in [-0.25, -0.2) is 0 Å². The van der Waals surface area contributed by atoms with Gasteiger partial charge in [0.1, 0.15) is 17.9 Å². The molecular formula is C20H18N4O. The molecule has 3 heterocycles. The third-order valence-corrected chi connectivity index (χ3v) is 4.97. The SMILES string of the molecule is N#Cc1cc(OC2C[C@H]3CC[C@H](C2)N3)cc(-c2ncccc2C#N)c1. The zero-order chi connectivity index (χ0) is 17.2. The summed E-state index contributed by atoms with van der Waals surface area (Å²) in [6.45, 7) is 0. The van der Waals surface area contributed by atoms with E-state index >= 15 is 0 Å². The van der Waals surface area contributed by atoms with E-state index in [2.05, 4.69) is 22.4 Å². The highest BCUT2D eigenvalue weighted by atomic mass is 16.5. The van der Waals surface area contributed by atoms with Crippen LogP contribution in [0.5, 0.6) is 5.75 Å². The number of pyridine rings is 1. The molecule has 2 atom stereocenters. The van der Waals surface area contributed by atoms with Gasteiger partial charge in [0.25, 0.3) is 0 Å². The topological polar surface area (TPSA) is 81.7 Å². The highest BCUT2D eigenvalue weighted by Crippen LogP contribution is 2.32. The molecule has 1 aromatic carbocycles. The molecule has 0 radical (unpaired) electrons. The summed E-state index contributed by atoms with van der Waals surface area (Å²) in [4.78, 5) is 4.32. The van der Waals surface area contributed by atoms with E-state index in [1.165, 1.54) is 12.8 Å². The largest absolute Gasteiger partial charge is 0.490 e. The Hall–Kier alpha value is -2.89. The van der Waals surface area contributed by atoms with Crippen molar-refractivity contribution in [2.24, 2.45) is 0 Å². The Morgan fingerprint density at radius 2 is 1.88 bits per heavy atom. The van der Waals surface area contributed by atoms with Gasteiger partial charge in [0.15, 0.2) is 0 Å². The second-order valence-corrected chi connectivity index (χ2v) is 6.72. The van der Waals surface area contributed by atoms with Crippen LogP contribution >= 0.6 is 0 Å². The Kier molecular flexibility index (Phi) is 4.09. The minimum Gasteiger partial charge on any atom is -0.490 e. The van der Waals surface area contributed by atoms with Crippen LogP contribution in [0.4, 0.5) is 0 Å². The Bertz CT molecular complexity index is 868. The van der Waals surface area contributed by atoms with E-state index in [9.17, 15) is 10.5 Å². The van der Waals surface area contributed by atoms with Crippen LogP contribution < -0.4 is 10.1 Å². The fourth-order valence-corrected chi connectivity index (χ4v) is 3.89. The van der Waals surface area contributed by atoms with Gasteiger partial charge in [-0.05, 0) is 56.0 Å². The Labute approximate surface area is 146 Å². The van der Waals surface area contributed by atoms with Crippen molar-refractivity contribution in [3.63, 3.8) is 0 Å². The van der Waals surface area contributed by atoms with Crippen LogP contribution in [0.15, 0.2) is 36.5 Å². The summed E-state index contributed by atoms with van der Waals surface area (Å²) >= 11 is 0. The molecule has 1 N–H and O–H groups in total. The number of rotatable bonds is 3.